The number of pyridine rings is 1. The van der Waals surface area contributed by atoms with Gasteiger partial charge in [-0.05, 0) is 37.5 Å². The van der Waals surface area contributed by atoms with E-state index in [1.807, 2.05) is 30.5 Å². The van der Waals surface area contributed by atoms with Crippen LogP contribution in [0.4, 0.5) is 5.13 Å². The zero-order valence-electron chi connectivity index (χ0n) is 15.5. The van der Waals surface area contributed by atoms with E-state index in [2.05, 4.69) is 30.8 Å². The van der Waals surface area contributed by atoms with Crippen molar-refractivity contribution >= 4 is 32.6 Å². The van der Waals surface area contributed by atoms with E-state index in [-0.39, 0.29) is 18.0 Å². The molecule has 0 unspecified atom stereocenters. The van der Waals surface area contributed by atoms with Crippen molar-refractivity contribution in [1.82, 2.24) is 30.3 Å². The number of fused-ring (bicyclic) bond motifs is 1. The third-order valence-electron chi connectivity index (χ3n) is 5.12. The second kappa shape index (κ2) is 7.59. The molecule has 2 atom stereocenters. The third kappa shape index (κ3) is 3.56. The van der Waals surface area contributed by atoms with E-state index in [4.69, 9.17) is 0 Å². The van der Waals surface area contributed by atoms with Gasteiger partial charge >= 0.3 is 0 Å². The smallest absolute Gasteiger partial charge is 0.253 e. The summed E-state index contributed by atoms with van der Waals surface area (Å²) in [6, 6.07) is 9.44. The largest absolute Gasteiger partial charge is 0.357 e. The molecule has 0 aliphatic heterocycles. The minimum atomic E-state index is -0.120. The van der Waals surface area contributed by atoms with Crippen molar-refractivity contribution < 1.29 is 4.79 Å². The Morgan fingerprint density at radius 3 is 2.76 bits per heavy atom. The van der Waals surface area contributed by atoms with Crippen LogP contribution in [-0.4, -0.2) is 43.0 Å². The molecule has 1 aliphatic carbocycles. The number of para-hydroxylation sites is 1. The van der Waals surface area contributed by atoms with Crippen LogP contribution in [0.1, 0.15) is 29.6 Å². The zero-order chi connectivity index (χ0) is 19.6. The molecule has 4 aromatic rings. The molecule has 1 fully saturated rings. The van der Waals surface area contributed by atoms with Gasteiger partial charge in [0.2, 0.25) is 0 Å². The maximum Gasteiger partial charge on any atom is 0.253 e. The lowest BCUT2D eigenvalue weighted by molar-refractivity contribution is 0.0935. The molecule has 1 aromatic carbocycles. The molecular weight excluding hydrogens is 386 g/mol. The van der Waals surface area contributed by atoms with Crippen LogP contribution in [0.2, 0.25) is 0 Å². The van der Waals surface area contributed by atoms with Crippen LogP contribution in [0.25, 0.3) is 15.9 Å². The molecule has 9 heteroatoms. The molecule has 0 radical (unpaired) electrons. The average Bonchev–Trinajstić information content (AvgIpc) is 3.49. The van der Waals surface area contributed by atoms with Gasteiger partial charge in [0.05, 0.1) is 33.9 Å². The molecule has 8 nitrogen and oxygen atoms in total. The highest BCUT2D eigenvalue weighted by Gasteiger charge is 2.30. The van der Waals surface area contributed by atoms with Crippen LogP contribution in [0.3, 0.4) is 0 Å². The Hall–Kier alpha value is -3.33. The van der Waals surface area contributed by atoms with Crippen molar-refractivity contribution in [2.45, 2.75) is 31.3 Å². The van der Waals surface area contributed by atoms with Gasteiger partial charge in [0.1, 0.15) is 0 Å². The number of hydrogen-bond acceptors (Lipinski definition) is 7. The summed E-state index contributed by atoms with van der Waals surface area (Å²) in [5.74, 6) is -0.120. The van der Waals surface area contributed by atoms with Crippen molar-refractivity contribution in [3.05, 3.63) is 60.7 Å². The van der Waals surface area contributed by atoms with Crippen molar-refractivity contribution in [2.75, 3.05) is 5.32 Å². The number of thiazole rings is 1. The summed E-state index contributed by atoms with van der Waals surface area (Å²) in [5, 5.41) is 15.9. The van der Waals surface area contributed by atoms with E-state index < -0.39 is 0 Å². The SMILES string of the molecule is O=C(N[C@H]1CCC[C@H]1Nc1nc2ccncc2s1)c1ccccc1-n1nccn1. The Kier molecular flexibility index (Phi) is 4.65. The average molecular weight is 405 g/mol. The van der Waals surface area contributed by atoms with Crippen LogP contribution in [0.5, 0.6) is 0 Å². The van der Waals surface area contributed by atoms with Gasteiger partial charge in [-0.25, -0.2) is 4.98 Å². The summed E-state index contributed by atoms with van der Waals surface area (Å²) < 4.78 is 1.05. The molecule has 2 N–H and O–H groups in total. The zero-order valence-corrected chi connectivity index (χ0v) is 16.3. The molecule has 1 amide bonds. The molecule has 1 aliphatic rings. The summed E-state index contributed by atoms with van der Waals surface area (Å²) in [7, 11) is 0. The summed E-state index contributed by atoms with van der Waals surface area (Å²) in [6.07, 6.45) is 9.73. The Labute approximate surface area is 171 Å². The second-order valence-corrected chi connectivity index (χ2v) is 7.99. The standard InChI is InChI=1S/C20H19N7OS/c28-19(13-4-1-2-7-17(13)27-22-10-11-23-27)24-14-5-3-6-15(14)25-20-26-16-8-9-21-12-18(16)29-20/h1-2,4,7-12,14-15H,3,5-6H2,(H,24,28)(H,25,26)/t14-,15+/m0/s1. The molecule has 5 rings (SSSR count). The first-order valence-corrected chi connectivity index (χ1v) is 10.3. The Morgan fingerprint density at radius 2 is 1.90 bits per heavy atom. The molecule has 146 valence electrons. The highest BCUT2D eigenvalue weighted by atomic mass is 32.1. The number of nitrogens with one attached hydrogen (secondary N) is 2. The quantitative estimate of drug-likeness (QED) is 0.530. The number of amides is 1. The number of aromatic nitrogens is 5. The lowest BCUT2D eigenvalue weighted by Crippen LogP contribution is -2.43. The van der Waals surface area contributed by atoms with Crippen LogP contribution >= 0.6 is 11.3 Å². The summed E-state index contributed by atoms with van der Waals surface area (Å²) in [5.41, 5.74) is 2.16. The molecule has 29 heavy (non-hydrogen) atoms. The number of carbonyl (C=O) groups is 1. The topological polar surface area (TPSA) is 97.6 Å². The molecule has 3 heterocycles. The fraction of sp³-hybridized carbons (Fsp3) is 0.250. The normalized spacial score (nSPS) is 18.8. The first kappa shape index (κ1) is 17.7. The Bertz CT molecular complexity index is 1110. The summed E-state index contributed by atoms with van der Waals surface area (Å²) in [4.78, 5) is 23.3. The predicted octanol–water partition coefficient (Wildman–Crippen LogP) is 3.04. The van der Waals surface area contributed by atoms with Gasteiger partial charge in [-0.1, -0.05) is 23.5 Å². The highest BCUT2D eigenvalue weighted by Crippen LogP contribution is 2.29. The lowest BCUT2D eigenvalue weighted by atomic mass is 10.1. The predicted molar refractivity (Wildman–Crippen MR) is 111 cm³/mol. The van der Waals surface area contributed by atoms with Gasteiger partial charge in [0.15, 0.2) is 5.13 Å². The molecular formula is C20H19N7OS. The minimum absolute atomic E-state index is 0.0336. The monoisotopic (exact) mass is 405 g/mol. The summed E-state index contributed by atoms with van der Waals surface area (Å²) >= 11 is 1.58. The number of anilines is 1. The van der Waals surface area contributed by atoms with Gasteiger partial charge < -0.3 is 10.6 Å². The maximum atomic E-state index is 13.0. The number of rotatable bonds is 5. The van der Waals surface area contributed by atoms with Crippen LogP contribution < -0.4 is 10.6 Å². The number of hydrogen-bond donors (Lipinski definition) is 2. The van der Waals surface area contributed by atoms with Gasteiger partial charge in [-0.3, -0.25) is 9.78 Å². The van der Waals surface area contributed by atoms with Crippen molar-refractivity contribution in [2.24, 2.45) is 0 Å². The van der Waals surface area contributed by atoms with E-state index in [1.54, 1.807) is 36.0 Å². The van der Waals surface area contributed by atoms with E-state index in [1.165, 1.54) is 4.80 Å². The molecule has 0 saturated heterocycles. The first-order valence-electron chi connectivity index (χ1n) is 9.51. The van der Waals surface area contributed by atoms with Gasteiger partial charge in [0, 0.05) is 24.5 Å². The van der Waals surface area contributed by atoms with Crippen LogP contribution in [0, 0.1) is 0 Å². The molecule has 0 spiro atoms. The summed E-state index contributed by atoms with van der Waals surface area (Å²) in [6.45, 7) is 0. The van der Waals surface area contributed by atoms with Crippen molar-refractivity contribution in [3.63, 3.8) is 0 Å². The first-order chi connectivity index (χ1) is 14.3. The van der Waals surface area contributed by atoms with E-state index in [9.17, 15) is 4.79 Å². The third-order valence-corrected chi connectivity index (χ3v) is 6.05. The Balaban J connectivity index is 1.33. The lowest BCUT2D eigenvalue weighted by Gasteiger charge is -2.22. The van der Waals surface area contributed by atoms with E-state index in [0.717, 1.165) is 34.6 Å². The van der Waals surface area contributed by atoms with Gasteiger partial charge in [-0.2, -0.15) is 15.0 Å². The van der Waals surface area contributed by atoms with Crippen LogP contribution in [-0.2, 0) is 0 Å². The fourth-order valence-electron chi connectivity index (χ4n) is 3.73. The fourth-order valence-corrected chi connectivity index (χ4v) is 4.63. The van der Waals surface area contributed by atoms with Crippen LogP contribution in [0.15, 0.2) is 55.1 Å². The second-order valence-electron chi connectivity index (χ2n) is 6.96. The van der Waals surface area contributed by atoms with Crippen molar-refractivity contribution in [1.29, 1.82) is 0 Å². The van der Waals surface area contributed by atoms with Crippen molar-refractivity contribution in [3.8, 4) is 5.69 Å². The molecule has 1 saturated carbocycles. The number of nitrogens with zero attached hydrogens (tertiary/aromatic N) is 5. The molecule has 0 bridgehead atoms. The number of benzene rings is 1. The Morgan fingerprint density at radius 1 is 1.07 bits per heavy atom. The number of carbonyl (C=O) groups excluding carboxylic acids is 1. The van der Waals surface area contributed by atoms with Gasteiger partial charge in [-0.15, -0.1) is 0 Å². The van der Waals surface area contributed by atoms with E-state index in [0.29, 0.717) is 11.3 Å². The minimum Gasteiger partial charge on any atom is -0.357 e. The maximum absolute atomic E-state index is 13.0. The molecule has 3 aromatic heterocycles. The highest BCUT2D eigenvalue weighted by molar-refractivity contribution is 7.22. The van der Waals surface area contributed by atoms with E-state index >= 15 is 0 Å². The van der Waals surface area contributed by atoms with Gasteiger partial charge in [0.25, 0.3) is 5.91 Å².